The van der Waals surface area contributed by atoms with Gasteiger partial charge < -0.3 is 25.6 Å². The summed E-state index contributed by atoms with van der Waals surface area (Å²) in [6.45, 7) is 7.40. The maximum absolute atomic E-state index is 14.1. The molecule has 3 aromatic rings. The highest BCUT2D eigenvalue weighted by atomic mass is 16.6. The van der Waals surface area contributed by atoms with Gasteiger partial charge in [0.05, 0.1) is 6.04 Å². The van der Waals surface area contributed by atoms with Crippen LogP contribution in [0.2, 0.25) is 0 Å². The predicted molar refractivity (Wildman–Crippen MR) is 154 cm³/mol. The van der Waals surface area contributed by atoms with Crippen molar-refractivity contribution >= 4 is 35.1 Å². The van der Waals surface area contributed by atoms with Gasteiger partial charge >= 0.3 is 6.09 Å². The first kappa shape index (κ1) is 30.6. The number of carbonyl (C=O) groups excluding carboxylic acids is 4. The van der Waals surface area contributed by atoms with Crippen molar-refractivity contribution in [3.05, 3.63) is 71.9 Å². The highest BCUT2D eigenvalue weighted by molar-refractivity contribution is 6.00. The van der Waals surface area contributed by atoms with Gasteiger partial charge in [-0.2, -0.15) is 0 Å². The second-order valence-electron chi connectivity index (χ2n) is 10.3. The molecular formula is C31H40N4O5. The van der Waals surface area contributed by atoms with Crippen molar-refractivity contribution in [3.63, 3.8) is 0 Å². The van der Waals surface area contributed by atoms with Gasteiger partial charge in [-0.1, -0.05) is 89.1 Å². The normalized spacial score (nSPS) is 14.9. The van der Waals surface area contributed by atoms with E-state index in [4.69, 9.17) is 10.5 Å². The smallest absolute Gasteiger partial charge is 0.417 e. The molecule has 1 aromatic heterocycles. The summed E-state index contributed by atoms with van der Waals surface area (Å²) in [6, 6.07) is 13.6. The molecule has 0 aliphatic carbocycles. The first-order valence-electron chi connectivity index (χ1n) is 13.8. The standard InChI is InChI=1S/C31H40N4O5/c1-5-20(3)27(32)29(37)34-28(21(4)6-2)30(38)35(31(39)40-19-22-12-8-7-9-13-22)24(18-36)16-23-17-33-26-15-11-10-14-25(23)26/h7-15,17-18,20-21,24,27-28,33H,5-6,16,19,32H2,1-4H3,(H,34,37)/t20-,21-,24-,27-,28-/m0/s1. The first-order chi connectivity index (χ1) is 19.2. The van der Waals surface area contributed by atoms with E-state index < -0.39 is 36.0 Å². The molecule has 5 atom stereocenters. The SMILES string of the molecule is CC[C@H](C)[C@H](N)C(=O)N[C@H](C(=O)N(C(=O)OCc1ccccc1)[C@H](C=O)Cc1c[nH]c2ccccc12)[C@@H](C)CC. The Morgan fingerprint density at radius 2 is 1.65 bits per heavy atom. The molecule has 40 heavy (non-hydrogen) atoms. The third-order valence-electron chi connectivity index (χ3n) is 7.57. The number of hydrogen-bond donors (Lipinski definition) is 3. The van der Waals surface area contributed by atoms with Crippen LogP contribution in [0.4, 0.5) is 4.79 Å². The van der Waals surface area contributed by atoms with Gasteiger partial charge in [0.2, 0.25) is 5.91 Å². The predicted octanol–water partition coefficient (Wildman–Crippen LogP) is 4.35. The number of carbonyl (C=O) groups is 4. The average Bonchev–Trinajstić information content (AvgIpc) is 3.40. The van der Waals surface area contributed by atoms with Crippen molar-refractivity contribution < 1.29 is 23.9 Å². The number of aldehydes is 1. The fourth-order valence-corrected chi connectivity index (χ4v) is 4.50. The molecule has 0 saturated carbocycles. The highest BCUT2D eigenvalue weighted by Crippen LogP contribution is 2.22. The van der Waals surface area contributed by atoms with E-state index in [0.29, 0.717) is 19.1 Å². The van der Waals surface area contributed by atoms with Gasteiger partial charge in [0.25, 0.3) is 5.91 Å². The molecule has 0 aliphatic heterocycles. The van der Waals surface area contributed by atoms with Crippen LogP contribution in [0.25, 0.3) is 10.9 Å². The number of para-hydroxylation sites is 1. The zero-order chi connectivity index (χ0) is 29.2. The number of amides is 3. The van der Waals surface area contributed by atoms with Crippen molar-refractivity contribution in [3.8, 4) is 0 Å². The molecule has 2 aromatic carbocycles. The van der Waals surface area contributed by atoms with Crippen molar-refractivity contribution in [1.82, 2.24) is 15.2 Å². The number of nitrogens with zero attached hydrogens (tertiary/aromatic N) is 1. The summed E-state index contributed by atoms with van der Waals surface area (Å²) in [7, 11) is 0. The Labute approximate surface area is 235 Å². The molecule has 0 bridgehead atoms. The number of benzene rings is 2. The quantitative estimate of drug-likeness (QED) is 0.272. The van der Waals surface area contributed by atoms with E-state index in [1.54, 1.807) is 25.3 Å². The molecule has 0 spiro atoms. The molecule has 4 N–H and O–H groups in total. The van der Waals surface area contributed by atoms with E-state index in [0.717, 1.165) is 26.9 Å². The summed E-state index contributed by atoms with van der Waals surface area (Å²) in [5.41, 5.74) is 8.52. The van der Waals surface area contributed by atoms with E-state index in [1.807, 2.05) is 63.2 Å². The summed E-state index contributed by atoms with van der Waals surface area (Å²) >= 11 is 0. The Kier molecular flexibility index (Phi) is 11.0. The minimum Gasteiger partial charge on any atom is -0.444 e. The minimum atomic E-state index is -1.17. The van der Waals surface area contributed by atoms with Crippen molar-refractivity contribution in [2.75, 3.05) is 0 Å². The number of nitrogens with one attached hydrogen (secondary N) is 2. The molecule has 3 amide bonds. The largest absolute Gasteiger partial charge is 0.444 e. The zero-order valence-corrected chi connectivity index (χ0v) is 23.6. The summed E-state index contributed by atoms with van der Waals surface area (Å²) in [5.74, 6) is -1.64. The Hall–Kier alpha value is -3.98. The summed E-state index contributed by atoms with van der Waals surface area (Å²) in [5, 5.41) is 3.65. The van der Waals surface area contributed by atoms with E-state index in [2.05, 4.69) is 10.3 Å². The molecular weight excluding hydrogens is 508 g/mol. The van der Waals surface area contributed by atoms with Crippen LogP contribution in [0.5, 0.6) is 0 Å². The van der Waals surface area contributed by atoms with E-state index in [-0.39, 0.29) is 24.9 Å². The number of H-pyrrole nitrogens is 1. The monoisotopic (exact) mass is 548 g/mol. The fourth-order valence-electron chi connectivity index (χ4n) is 4.50. The first-order valence-corrected chi connectivity index (χ1v) is 13.8. The highest BCUT2D eigenvalue weighted by Gasteiger charge is 2.39. The van der Waals surface area contributed by atoms with Crippen molar-refractivity contribution in [2.45, 2.75) is 71.7 Å². The number of nitrogens with two attached hydrogens (primary N) is 1. The maximum Gasteiger partial charge on any atom is 0.417 e. The van der Waals surface area contributed by atoms with Crippen LogP contribution in [-0.4, -0.2) is 52.2 Å². The van der Waals surface area contributed by atoms with Gasteiger partial charge in [-0.15, -0.1) is 0 Å². The van der Waals surface area contributed by atoms with Crippen LogP contribution in [0, 0.1) is 11.8 Å². The lowest BCUT2D eigenvalue weighted by Gasteiger charge is -2.33. The lowest BCUT2D eigenvalue weighted by Crippen LogP contribution is -2.59. The Balaban J connectivity index is 1.95. The van der Waals surface area contributed by atoms with Crippen LogP contribution < -0.4 is 11.1 Å². The second kappa shape index (κ2) is 14.4. The number of fused-ring (bicyclic) bond motifs is 1. The molecule has 0 radical (unpaired) electrons. The number of rotatable bonds is 13. The number of hydrogen-bond acceptors (Lipinski definition) is 6. The van der Waals surface area contributed by atoms with Gasteiger partial charge in [-0.25, -0.2) is 9.69 Å². The van der Waals surface area contributed by atoms with Crippen LogP contribution in [0.3, 0.4) is 0 Å². The second-order valence-corrected chi connectivity index (χ2v) is 10.3. The summed E-state index contributed by atoms with van der Waals surface area (Å²) < 4.78 is 5.53. The molecule has 3 rings (SSSR count). The maximum atomic E-state index is 14.1. The molecule has 9 nitrogen and oxygen atoms in total. The summed E-state index contributed by atoms with van der Waals surface area (Å²) in [6.07, 6.45) is 2.68. The zero-order valence-electron chi connectivity index (χ0n) is 23.6. The molecule has 214 valence electrons. The number of aromatic amines is 1. The van der Waals surface area contributed by atoms with E-state index in [1.165, 1.54) is 0 Å². The van der Waals surface area contributed by atoms with Gasteiger partial charge in [0.1, 0.15) is 25.0 Å². The lowest BCUT2D eigenvalue weighted by molar-refractivity contribution is -0.140. The average molecular weight is 549 g/mol. The van der Waals surface area contributed by atoms with E-state index >= 15 is 0 Å². The minimum absolute atomic E-state index is 0.0766. The summed E-state index contributed by atoms with van der Waals surface area (Å²) in [4.78, 5) is 57.1. The van der Waals surface area contributed by atoms with Crippen molar-refractivity contribution in [1.29, 1.82) is 0 Å². The third kappa shape index (κ3) is 7.35. The van der Waals surface area contributed by atoms with Crippen LogP contribution in [-0.2, 0) is 32.1 Å². The third-order valence-corrected chi connectivity index (χ3v) is 7.57. The van der Waals surface area contributed by atoms with Gasteiger partial charge in [-0.3, -0.25) is 9.59 Å². The molecule has 0 saturated heterocycles. The molecule has 0 unspecified atom stereocenters. The van der Waals surface area contributed by atoms with Crippen molar-refractivity contribution in [2.24, 2.45) is 17.6 Å². The molecule has 0 fully saturated rings. The van der Waals surface area contributed by atoms with Crippen LogP contribution in [0.15, 0.2) is 60.8 Å². The Morgan fingerprint density at radius 1 is 1.00 bits per heavy atom. The molecule has 0 aliphatic rings. The van der Waals surface area contributed by atoms with Crippen LogP contribution in [0.1, 0.15) is 51.7 Å². The topological polar surface area (TPSA) is 135 Å². The van der Waals surface area contributed by atoms with Gasteiger partial charge in [-0.05, 0) is 29.0 Å². The number of ether oxygens (including phenoxy) is 1. The number of aromatic nitrogens is 1. The van der Waals surface area contributed by atoms with Crippen LogP contribution >= 0.6 is 0 Å². The molecule has 9 heteroatoms. The number of imide groups is 1. The van der Waals surface area contributed by atoms with E-state index in [9.17, 15) is 19.2 Å². The lowest BCUT2D eigenvalue weighted by atomic mass is 9.94. The van der Waals surface area contributed by atoms with Gasteiger partial charge in [0.15, 0.2) is 0 Å². The fraction of sp³-hybridized carbons (Fsp3) is 0.419. The van der Waals surface area contributed by atoms with Gasteiger partial charge in [0, 0.05) is 23.5 Å². The Morgan fingerprint density at radius 3 is 2.30 bits per heavy atom. The molecule has 1 heterocycles. The Bertz CT molecular complexity index is 1290.